The number of hydrogen-bond acceptors (Lipinski definition) is 2. The van der Waals surface area contributed by atoms with Crippen LogP contribution in [0.4, 0.5) is 13.2 Å². The van der Waals surface area contributed by atoms with Crippen molar-refractivity contribution in [2.75, 3.05) is 6.61 Å². The molecule has 0 spiro atoms. The number of aliphatic hydroxyl groups is 1. The van der Waals surface area contributed by atoms with Crippen LogP contribution in [0.15, 0.2) is 0 Å². The highest BCUT2D eigenvalue weighted by Crippen LogP contribution is 2.48. The fraction of sp³-hybridized carbons (Fsp3) is 1.00. The molecule has 1 aliphatic rings. The van der Waals surface area contributed by atoms with Crippen molar-refractivity contribution < 1.29 is 18.3 Å². The van der Waals surface area contributed by atoms with Crippen LogP contribution in [-0.4, -0.2) is 23.9 Å². The SMILES string of the molecule is CC(N)C1(CCO)CCCC(C(F)(F)F)C1. The molecule has 3 N–H and O–H groups in total. The first-order chi connectivity index (χ1) is 7.32. The van der Waals surface area contributed by atoms with Gasteiger partial charge < -0.3 is 10.8 Å². The van der Waals surface area contributed by atoms with E-state index in [1.165, 1.54) is 0 Å². The van der Waals surface area contributed by atoms with Crippen molar-refractivity contribution in [2.24, 2.45) is 17.1 Å². The van der Waals surface area contributed by atoms with Gasteiger partial charge in [0.25, 0.3) is 0 Å². The maximum atomic E-state index is 12.7. The number of halogens is 3. The van der Waals surface area contributed by atoms with Crippen LogP contribution in [0.2, 0.25) is 0 Å². The Hall–Kier alpha value is -0.290. The summed E-state index contributed by atoms with van der Waals surface area (Å²) in [6.45, 7) is 1.65. The van der Waals surface area contributed by atoms with Crippen LogP contribution in [-0.2, 0) is 0 Å². The Morgan fingerprint density at radius 1 is 1.50 bits per heavy atom. The van der Waals surface area contributed by atoms with Crippen molar-refractivity contribution in [1.82, 2.24) is 0 Å². The van der Waals surface area contributed by atoms with Gasteiger partial charge in [-0.3, -0.25) is 0 Å². The summed E-state index contributed by atoms with van der Waals surface area (Å²) in [7, 11) is 0. The number of hydrogen-bond donors (Lipinski definition) is 2. The van der Waals surface area contributed by atoms with E-state index in [1.807, 2.05) is 0 Å². The van der Waals surface area contributed by atoms with Crippen molar-refractivity contribution in [1.29, 1.82) is 0 Å². The molecule has 5 heteroatoms. The maximum Gasteiger partial charge on any atom is 0.391 e. The van der Waals surface area contributed by atoms with Crippen LogP contribution in [0.25, 0.3) is 0 Å². The predicted molar refractivity (Wildman–Crippen MR) is 55.8 cm³/mol. The number of rotatable bonds is 3. The zero-order valence-electron chi connectivity index (χ0n) is 9.56. The molecule has 3 atom stereocenters. The number of aliphatic hydroxyl groups excluding tert-OH is 1. The van der Waals surface area contributed by atoms with E-state index >= 15 is 0 Å². The zero-order valence-corrected chi connectivity index (χ0v) is 9.56. The Labute approximate surface area is 94.0 Å². The third-order valence-electron chi connectivity index (χ3n) is 3.92. The molecule has 96 valence electrons. The molecular formula is C11H20F3NO. The van der Waals surface area contributed by atoms with Gasteiger partial charge >= 0.3 is 6.18 Å². The molecular weight excluding hydrogens is 219 g/mol. The normalized spacial score (nSPS) is 33.8. The van der Waals surface area contributed by atoms with Gasteiger partial charge in [-0.25, -0.2) is 0 Å². The minimum atomic E-state index is -4.13. The third-order valence-corrected chi connectivity index (χ3v) is 3.92. The highest BCUT2D eigenvalue weighted by molar-refractivity contribution is 4.93. The highest BCUT2D eigenvalue weighted by atomic mass is 19.4. The van der Waals surface area contributed by atoms with Crippen molar-refractivity contribution in [3.05, 3.63) is 0 Å². The summed E-state index contributed by atoms with van der Waals surface area (Å²) >= 11 is 0. The second-order valence-electron chi connectivity index (χ2n) is 4.96. The zero-order chi connectivity index (χ0) is 12.4. The summed E-state index contributed by atoms with van der Waals surface area (Å²) in [4.78, 5) is 0. The molecule has 16 heavy (non-hydrogen) atoms. The van der Waals surface area contributed by atoms with Crippen LogP contribution < -0.4 is 5.73 Å². The number of alkyl halides is 3. The molecule has 0 heterocycles. The summed E-state index contributed by atoms with van der Waals surface area (Å²) in [6, 6.07) is -0.301. The Morgan fingerprint density at radius 3 is 2.56 bits per heavy atom. The average molecular weight is 239 g/mol. The quantitative estimate of drug-likeness (QED) is 0.794. The molecule has 0 aromatic heterocycles. The van der Waals surface area contributed by atoms with Gasteiger partial charge in [0.1, 0.15) is 0 Å². The Balaban J connectivity index is 2.79. The molecule has 0 bridgehead atoms. The van der Waals surface area contributed by atoms with Gasteiger partial charge in [-0.05, 0) is 38.0 Å². The third kappa shape index (κ3) is 2.88. The first kappa shape index (κ1) is 13.8. The minimum Gasteiger partial charge on any atom is -0.396 e. The fourth-order valence-electron chi connectivity index (χ4n) is 2.77. The predicted octanol–water partition coefficient (Wildman–Crippen LogP) is 2.45. The summed E-state index contributed by atoms with van der Waals surface area (Å²) in [5.74, 6) is -1.25. The van der Waals surface area contributed by atoms with Crippen molar-refractivity contribution >= 4 is 0 Å². The van der Waals surface area contributed by atoms with Crippen molar-refractivity contribution in [3.8, 4) is 0 Å². The summed E-state index contributed by atoms with van der Waals surface area (Å²) in [5, 5.41) is 8.98. The molecule has 0 aromatic rings. The molecule has 1 fully saturated rings. The topological polar surface area (TPSA) is 46.2 Å². The van der Waals surface area contributed by atoms with E-state index in [1.54, 1.807) is 6.92 Å². The molecule has 0 aromatic carbocycles. The number of nitrogens with two attached hydrogens (primary N) is 1. The van der Waals surface area contributed by atoms with Gasteiger partial charge in [0.2, 0.25) is 0 Å². The monoisotopic (exact) mass is 239 g/mol. The highest BCUT2D eigenvalue weighted by Gasteiger charge is 2.48. The lowest BCUT2D eigenvalue weighted by molar-refractivity contribution is -0.194. The lowest BCUT2D eigenvalue weighted by atomic mass is 9.64. The Kier molecular flexibility index (Phi) is 4.23. The molecule has 1 rings (SSSR count). The van der Waals surface area contributed by atoms with E-state index in [0.717, 1.165) is 0 Å². The molecule has 3 unspecified atom stereocenters. The Morgan fingerprint density at radius 2 is 2.12 bits per heavy atom. The van der Waals surface area contributed by atoms with E-state index in [9.17, 15) is 13.2 Å². The lowest BCUT2D eigenvalue weighted by Crippen LogP contribution is -2.46. The maximum absolute atomic E-state index is 12.7. The van der Waals surface area contributed by atoms with Crippen LogP contribution >= 0.6 is 0 Å². The van der Waals surface area contributed by atoms with Crippen LogP contribution in [0.1, 0.15) is 39.0 Å². The van der Waals surface area contributed by atoms with E-state index in [2.05, 4.69) is 0 Å². The van der Waals surface area contributed by atoms with Gasteiger partial charge in [-0.2, -0.15) is 13.2 Å². The second-order valence-corrected chi connectivity index (χ2v) is 4.96. The standard InChI is InChI=1S/C11H20F3NO/c1-8(15)10(5-6-16)4-2-3-9(7-10)11(12,13)14/h8-9,16H,2-7,15H2,1H3. The molecule has 0 aliphatic heterocycles. The Bertz CT molecular complexity index is 226. The lowest BCUT2D eigenvalue weighted by Gasteiger charge is -2.44. The molecule has 1 saturated carbocycles. The smallest absolute Gasteiger partial charge is 0.391 e. The first-order valence-corrected chi connectivity index (χ1v) is 5.75. The largest absolute Gasteiger partial charge is 0.396 e. The molecule has 2 nitrogen and oxygen atoms in total. The molecule has 0 saturated heterocycles. The van der Waals surface area contributed by atoms with Crippen LogP contribution in [0.5, 0.6) is 0 Å². The van der Waals surface area contributed by atoms with Crippen LogP contribution in [0.3, 0.4) is 0 Å². The van der Waals surface area contributed by atoms with E-state index in [0.29, 0.717) is 19.3 Å². The van der Waals surface area contributed by atoms with E-state index < -0.39 is 17.5 Å². The molecule has 0 radical (unpaired) electrons. The second kappa shape index (κ2) is 4.92. The van der Waals surface area contributed by atoms with Gasteiger partial charge in [0, 0.05) is 12.6 Å². The molecule has 0 amide bonds. The van der Waals surface area contributed by atoms with E-state index in [-0.39, 0.29) is 25.5 Å². The van der Waals surface area contributed by atoms with E-state index in [4.69, 9.17) is 10.8 Å². The average Bonchev–Trinajstić information content (AvgIpc) is 2.17. The van der Waals surface area contributed by atoms with Crippen molar-refractivity contribution in [2.45, 2.75) is 51.2 Å². The fourth-order valence-corrected chi connectivity index (χ4v) is 2.77. The van der Waals surface area contributed by atoms with Gasteiger partial charge in [0.15, 0.2) is 0 Å². The molecule has 1 aliphatic carbocycles. The van der Waals surface area contributed by atoms with Crippen LogP contribution in [0, 0.1) is 11.3 Å². The summed E-state index contributed by atoms with van der Waals surface area (Å²) < 4.78 is 38.1. The van der Waals surface area contributed by atoms with Gasteiger partial charge in [-0.15, -0.1) is 0 Å². The first-order valence-electron chi connectivity index (χ1n) is 5.75. The van der Waals surface area contributed by atoms with Gasteiger partial charge in [0.05, 0.1) is 5.92 Å². The summed E-state index contributed by atoms with van der Waals surface area (Å²) in [6.07, 6.45) is -2.26. The van der Waals surface area contributed by atoms with Gasteiger partial charge in [-0.1, -0.05) is 6.42 Å². The van der Waals surface area contributed by atoms with Crippen molar-refractivity contribution in [3.63, 3.8) is 0 Å². The summed E-state index contributed by atoms with van der Waals surface area (Å²) in [5.41, 5.74) is 5.28. The minimum absolute atomic E-state index is 0.0642.